The Labute approximate surface area is 140 Å². The van der Waals surface area contributed by atoms with Crippen LogP contribution in [-0.4, -0.2) is 5.91 Å². The fourth-order valence-corrected chi connectivity index (χ4v) is 4.02. The van der Waals surface area contributed by atoms with Gasteiger partial charge in [-0.25, -0.2) is 4.39 Å². The Kier molecular flexibility index (Phi) is 4.82. The zero-order valence-corrected chi connectivity index (χ0v) is 14.6. The lowest BCUT2D eigenvalue weighted by Gasteiger charge is -2.11. The van der Waals surface area contributed by atoms with Crippen molar-refractivity contribution in [2.75, 3.05) is 11.1 Å². The molecule has 0 radical (unpaired) electrons. The summed E-state index contributed by atoms with van der Waals surface area (Å²) in [5, 5.41) is 2.64. The summed E-state index contributed by atoms with van der Waals surface area (Å²) in [7, 11) is 0. The van der Waals surface area contributed by atoms with Crippen LogP contribution in [-0.2, 0) is 0 Å². The highest BCUT2D eigenvalue weighted by atomic mass is 79.9. The largest absolute Gasteiger partial charge is 0.399 e. The van der Waals surface area contributed by atoms with E-state index in [2.05, 4.69) is 53.1 Å². The molecule has 0 aliphatic rings. The van der Waals surface area contributed by atoms with Gasteiger partial charge in [-0.2, -0.15) is 0 Å². The second-order valence-electron chi connectivity index (χ2n) is 3.94. The summed E-state index contributed by atoms with van der Waals surface area (Å²) < 4.78 is 15.8. The van der Waals surface area contributed by atoms with E-state index in [0.717, 1.165) is 10.5 Å². The molecular formula is C13H8Br3FN2O. The monoisotopic (exact) mass is 464 g/mol. The molecule has 0 saturated carbocycles. The molecular weight excluding hydrogens is 459 g/mol. The number of halogens is 4. The highest BCUT2D eigenvalue weighted by molar-refractivity contribution is 9.11. The third-order valence-electron chi connectivity index (χ3n) is 2.48. The van der Waals surface area contributed by atoms with Crippen molar-refractivity contribution in [2.45, 2.75) is 0 Å². The first-order valence-corrected chi connectivity index (χ1v) is 7.77. The van der Waals surface area contributed by atoms with Crippen LogP contribution in [0.15, 0.2) is 43.7 Å². The summed E-state index contributed by atoms with van der Waals surface area (Å²) in [5.41, 5.74) is 6.30. The number of nitrogen functional groups attached to an aromatic ring is 1. The average Bonchev–Trinajstić information content (AvgIpc) is 2.36. The molecule has 0 bridgehead atoms. The number of anilines is 2. The molecule has 3 N–H and O–H groups in total. The van der Waals surface area contributed by atoms with E-state index in [1.165, 1.54) is 12.1 Å². The zero-order valence-electron chi connectivity index (χ0n) is 9.88. The minimum absolute atomic E-state index is 0.105. The number of hydrogen-bond donors (Lipinski definition) is 2. The average molecular weight is 467 g/mol. The van der Waals surface area contributed by atoms with Crippen molar-refractivity contribution in [3.63, 3.8) is 0 Å². The molecule has 20 heavy (non-hydrogen) atoms. The lowest BCUT2D eigenvalue weighted by molar-refractivity contribution is 0.102. The first kappa shape index (κ1) is 15.5. The standard InChI is InChI=1S/C13H8Br3FN2O/c14-6-3-9(15)12(10(16)4-6)19-13(20)8-5-7(18)1-2-11(8)17/h1-5H,18H2,(H,19,20). The zero-order chi connectivity index (χ0) is 14.9. The summed E-state index contributed by atoms with van der Waals surface area (Å²) in [6, 6.07) is 7.41. The summed E-state index contributed by atoms with van der Waals surface area (Å²) >= 11 is 10.0. The second kappa shape index (κ2) is 6.24. The smallest absolute Gasteiger partial charge is 0.258 e. The number of carbonyl (C=O) groups excluding carboxylic acids is 1. The van der Waals surface area contributed by atoms with Crippen molar-refractivity contribution >= 4 is 65.1 Å². The van der Waals surface area contributed by atoms with Gasteiger partial charge in [0.15, 0.2) is 0 Å². The second-order valence-corrected chi connectivity index (χ2v) is 6.56. The number of rotatable bonds is 2. The molecule has 2 aromatic carbocycles. The topological polar surface area (TPSA) is 55.1 Å². The SMILES string of the molecule is Nc1ccc(F)c(C(=O)Nc2c(Br)cc(Br)cc2Br)c1. The maximum absolute atomic E-state index is 13.6. The maximum Gasteiger partial charge on any atom is 0.258 e. The molecule has 104 valence electrons. The van der Waals surface area contributed by atoms with Gasteiger partial charge in [-0.05, 0) is 62.2 Å². The summed E-state index contributed by atoms with van der Waals surface area (Å²) in [6.07, 6.45) is 0. The molecule has 0 heterocycles. The summed E-state index contributed by atoms with van der Waals surface area (Å²) in [6.45, 7) is 0. The Hall–Kier alpha value is -0.920. The van der Waals surface area contributed by atoms with Gasteiger partial charge < -0.3 is 11.1 Å². The first-order chi connectivity index (χ1) is 9.38. The lowest BCUT2D eigenvalue weighted by atomic mass is 10.1. The van der Waals surface area contributed by atoms with Gasteiger partial charge in [-0.1, -0.05) is 15.9 Å². The molecule has 2 rings (SSSR count). The van der Waals surface area contributed by atoms with Crippen LogP contribution in [0.4, 0.5) is 15.8 Å². The lowest BCUT2D eigenvalue weighted by Crippen LogP contribution is -2.15. The van der Waals surface area contributed by atoms with Gasteiger partial charge in [0.1, 0.15) is 5.82 Å². The predicted molar refractivity (Wildman–Crippen MR) is 88.3 cm³/mol. The Morgan fingerprint density at radius 1 is 1.10 bits per heavy atom. The minimum atomic E-state index is -0.624. The maximum atomic E-state index is 13.6. The van der Waals surface area contributed by atoms with E-state index in [4.69, 9.17) is 5.73 Å². The molecule has 0 atom stereocenters. The van der Waals surface area contributed by atoms with Crippen molar-refractivity contribution in [1.82, 2.24) is 0 Å². The van der Waals surface area contributed by atoms with Gasteiger partial charge in [0.2, 0.25) is 0 Å². The molecule has 0 unspecified atom stereocenters. The number of hydrogen-bond acceptors (Lipinski definition) is 2. The summed E-state index contributed by atoms with van der Waals surface area (Å²) in [5.74, 6) is -1.19. The van der Waals surface area contributed by atoms with E-state index in [-0.39, 0.29) is 5.56 Å². The number of carbonyl (C=O) groups is 1. The molecule has 2 aromatic rings. The Morgan fingerprint density at radius 3 is 2.30 bits per heavy atom. The van der Waals surface area contributed by atoms with Gasteiger partial charge >= 0.3 is 0 Å². The first-order valence-electron chi connectivity index (χ1n) is 5.39. The quantitative estimate of drug-likeness (QED) is 0.615. The Balaban J connectivity index is 2.35. The Bertz CT molecular complexity index is 668. The third-order valence-corrected chi connectivity index (χ3v) is 4.19. The predicted octanol–water partition coefficient (Wildman–Crippen LogP) is 4.95. The van der Waals surface area contributed by atoms with Crippen molar-refractivity contribution in [1.29, 1.82) is 0 Å². The Morgan fingerprint density at radius 2 is 1.70 bits per heavy atom. The molecule has 0 saturated heterocycles. The number of nitrogens with two attached hydrogens (primary N) is 1. The van der Waals surface area contributed by atoms with E-state index in [1.807, 2.05) is 0 Å². The molecule has 0 fully saturated rings. The van der Waals surface area contributed by atoms with E-state index in [9.17, 15) is 9.18 Å². The minimum Gasteiger partial charge on any atom is -0.399 e. The van der Waals surface area contributed by atoms with Gasteiger partial charge in [-0.3, -0.25) is 4.79 Å². The number of amides is 1. The molecule has 1 amide bonds. The van der Waals surface area contributed by atoms with E-state index in [0.29, 0.717) is 20.3 Å². The van der Waals surface area contributed by atoms with Gasteiger partial charge in [0.25, 0.3) is 5.91 Å². The van der Waals surface area contributed by atoms with Crippen molar-refractivity contribution < 1.29 is 9.18 Å². The van der Waals surface area contributed by atoms with Crippen molar-refractivity contribution in [3.05, 3.63) is 55.1 Å². The fraction of sp³-hybridized carbons (Fsp3) is 0. The van der Waals surface area contributed by atoms with Gasteiger partial charge in [0.05, 0.1) is 11.3 Å². The van der Waals surface area contributed by atoms with E-state index >= 15 is 0 Å². The van der Waals surface area contributed by atoms with Crippen molar-refractivity contribution in [3.8, 4) is 0 Å². The van der Waals surface area contributed by atoms with Gasteiger partial charge in [-0.15, -0.1) is 0 Å². The van der Waals surface area contributed by atoms with Crippen LogP contribution in [0.3, 0.4) is 0 Å². The van der Waals surface area contributed by atoms with Crippen molar-refractivity contribution in [2.24, 2.45) is 0 Å². The van der Waals surface area contributed by atoms with Crippen LogP contribution in [0.2, 0.25) is 0 Å². The molecule has 3 nitrogen and oxygen atoms in total. The number of benzene rings is 2. The number of nitrogens with one attached hydrogen (secondary N) is 1. The van der Waals surface area contributed by atoms with Crippen LogP contribution < -0.4 is 11.1 Å². The van der Waals surface area contributed by atoms with Crippen LogP contribution in [0.25, 0.3) is 0 Å². The highest BCUT2D eigenvalue weighted by Crippen LogP contribution is 2.34. The van der Waals surface area contributed by atoms with E-state index < -0.39 is 11.7 Å². The van der Waals surface area contributed by atoms with Crippen LogP contribution >= 0.6 is 47.8 Å². The van der Waals surface area contributed by atoms with Crippen LogP contribution in [0.1, 0.15) is 10.4 Å². The molecule has 7 heteroatoms. The third kappa shape index (κ3) is 3.39. The normalized spacial score (nSPS) is 10.4. The molecule has 0 spiro atoms. The van der Waals surface area contributed by atoms with E-state index in [1.54, 1.807) is 12.1 Å². The summed E-state index contributed by atoms with van der Waals surface area (Å²) in [4.78, 5) is 12.1. The molecule has 0 aliphatic heterocycles. The molecule has 0 aromatic heterocycles. The van der Waals surface area contributed by atoms with Crippen LogP contribution in [0, 0.1) is 5.82 Å². The van der Waals surface area contributed by atoms with Gasteiger partial charge in [0, 0.05) is 19.1 Å². The highest BCUT2D eigenvalue weighted by Gasteiger charge is 2.15. The molecule has 0 aliphatic carbocycles. The van der Waals surface area contributed by atoms with Crippen LogP contribution in [0.5, 0.6) is 0 Å². The fourth-order valence-electron chi connectivity index (χ4n) is 1.56.